The average molecular weight is 1130 g/mol. The molecule has 0 amide bonds. The lowest BCUT2D eigenvalue weighted by Gasteiger charge is -2.18. The summed E-state index contributed by atoms with van der Waals surface area (Å²) < 4.78 is 17.0. The fourth-order valence-corrected chi connectivity index (χ4v) is 9.89. The molecule has 0 aromatic carbocycles. The van der Waals surface area contributed by atoms with Gasteiger partial charge in [-0.15, -0.1) is 0 Å². The maximum Gasteiger partial charge on any atom is 0.306 e. The van der Waals surface area contributed by atoms with E-state index >= 15 is 0 Å². The maximum absolute atomic E-state index is 12.9. The highest BCUT2D eigenvalue weighted by Crippen LogP contribution is 2.17. The van der Waals surface area contributed by atoms with E-state index in [0.717, 1.165) is 109 Å². The minimum absolute atomic E-state index is 0.0775. The highest BCUT2D eigenvalue weighted by Gasteiger charge is 2.19. The van der Waals surface area contributed by atoms with Crippen molar-refractivity contribution >= 4 is 17.9 Å². The second-order valence-corrected chi connectivity index (χ2v) is 23.1. The van der Waals surface area contributed by atoms with Crippen molar-refractivity contribution in [2.24, 2.45) is 0 Å². The van der Waals surface area contributed by atoms with E-state index in [-0.39, 0.29) is 31.1 Å². The van der Waals surface area contributed by atoms with E-state index in [2.05, 4.69) is 118 Å². The van der Waals surface area contributed by atoms with Gasteiger partial charge in [-0.1, -0.05) is 317 Å². The second-order valence-electron chi connectivity index (χ2n) is 23.1. The van der Waals surface area contributed by atoms with Gasteiger partial charge < -0.3 is 14.2 Å². The van der Waals surface area contributed by atoms with Crippen LogP contribution in [0.4, 0.5) is 0 Å². The van der Waals surface area contributed by atoms with Gasteiger partial charge in [0.1, 0.15) is 13.2 Å². The van der Waals surface area contributed by atoms with Crippen molar-refractivity contribution in [3.8, 4) is 0 Å². The Kier molecular flexibility index (Phi) is 65.7. The lowest BCUT2D eigenvalue weighted by atomic mass is 10.0. The molecular formula is C75H130O6. The van der Waals surface area contributed by atoms with E-state index in [1.165, 1.54) is 193 Å². The summed E-state index contributed by atoms with van der Waals surface area (Å²) in [6.45, 7) is 6.55. The minimum atomic E-state index is -0.780. The number of hydrogen-bond donors (Lipinski definition) is 0. The first-order valence-corrected chi connectivity index (χ1v) is 34.7. The molecule has 0 saturated heterocycles. The van der Waals surface area contributed by atoms with Crippen LogP contribution >= 0.6 is 0 Å². The number of allylic oxidation sites excluding steroid dienone is 16. The molecule has 6 heteroatoms. The summed E-state index contributed by atoms with van der Waals surface area (Å²) in [7, 11) is 0. The summed E-state index contributed by atoms with van der Waals surface area (Å²) in [5, 5.41) is 0. The second kappa shape index (κ2) is 68.8. The zero-order chi connectivity index (χ0) is 58.5. The van der Waals surface area contributed by atoms with Gasteiger partial charge in [0.25, 0.3) is 0 Å². The molecule has 0 spiro atoms. The Bertz CT molecular complexity index is 1580. The molecular weight excluding hydrogens is 997 g/mol. The molecule has 0 aromatic rings. The molecule has 0 fully saturated rings. The van der Waals surface area contributed by atoms with Crippen LogP contribution in [0.5, 0.6) is 0 Å². The van der Waals surface area contributed by atoms with E-state index in [0.29, 0.717) is 19.3 Å². The third kappa shape index (κ3) is 67.0. The number of unbranched alkanes of at least 4 members (excludes halogenated alkanes) is 36. The number of hydrogen-bond acceptors (Lipinski definition) is 6. The van der Waals surface area contributed by atoms with E-state index in [9.17, 15) is 14.4 Å². The summed E-state index contributed by atoms with van der Waals surface area (Å²) in [6.07, 6.45) is 92.8. The van der Waals surface area contributed by atoms with E-state index in [1.54, 1.807) is 0 Å². The monoisotopic (exact) mass is 1130 g/mol. The molecule has 466 valence electrons. The lowest BCUT2D eigenvalue weighted by molar-refractivity contribution is -0.167. The van der Waals surface area contributed by atoms with Gasteiger partial charge in [-0.2, -0.15) is 0 Å². The van der Waals surface area contributed by atoms with Gasteiger partial charge in [-0.25, -0.2) is 0 Å². The molecule has 0 radical (unpaired) electrons. The fraction of sp³-hybridized carbons (Fsp3) is 0.747. The summed E-state index contributed by atoms with van der Waals surface area (Å²) >= 11 is 0. The third-order valence-corrected chi connectivity index (χ3v) is 15.1. The Hall–Kier alpha value is -3.67. The van der Waals surface area contributed by atoms with Gasteiger partial charge in [0.2, 0.25) is 0 Å². The molecule has 0 heterocycles. The molecule has 0 aliphatic heterocycles. The predicted octanol–water partition coefficient (Wildman–Crippen LogP) is 24.0. The first-order valence-electron chi connectivity index (χ1n) is 34.7. The summed E-state index contributed by atoms with van der Waals surface area (Å²) in [4.78, 5) is 38.4. The quantitative estimate of drug-likeness (QED) is 0.0261. The normalized spacial score (nSPS) is 12.7. The Morgan fingerprint density at radius 2 is 0.481 bits per heavy atom. The third-order valence-electron chi connectivity index (χ3n) is 15.1. The van der Waals surface area contributed by atoms with Crippen LogP contribution in [0.1, 0.15) is 342 Å². The van der Waals surface area contributed by atoms with Gasteiger partial charge in [0, 0.05) is 19.3 Å². The summed E-state index contributed by atoms with van der Waals surface area (Å²) in [5.74, 6) is -0.872. The van der Waals surface area contributed by atoms with Crippen LogP contribution in [0, 0.1) is 0 Å². The highest BCUT2D eigenvalue weighted by atomic mass is 16.6. The lowest BCUT2D eigenvalue weighted by Crippen LogP contribution is -2.30. The standard InChI is InChI=1S/C75H130O6/c1-4-7-10-13-16-19-22-25-28-30-31-32-33-34-35-36-37-38-39-40-41-42-43-44-45-46-48-50-53-56-59-62-65-68-74(77)80-71-72(70-79-73(76)67-64-61-58-55-52-49-27-24-21-18-15-12-9-6-3)81-75(78)69-66-63-60-57-54-51-47-29-26-23-20-17-14-11-8-5-2/h7,10,16,19,24-25,27-28,31-32,34-35,37-38,40-41,72H,4-6,8-9,11-15,17-18,20-23,26,29-30,33,36,39,42-71H2,1-3H3/b10-7-,19-16-,27-24-,28-25-,32-31-,35-34-,38-37-,41-40-. The molecule has 6 nitrogen and oxygen atoms in total. The van der Waals surface area contributed by atoms with Crippen molar-refractivity contribution in [3.05, 3.63) is 97.2 Å². The average Bonchev–Trinajstić information content (AvgIpc) is 3.47. The first-order chi connectivity index (χ1) is 40.0. The van der Waals surface area contributed by atoms with Crippen molar-refractivity contribution in [1.29, 1.82) is 0 Å². The van der Waals surface area contributed by atoms with E-state index in [1.807, 2.05) is 0 Å². The fourth-order valence-electron chi connectivity index (χ4n) is 9.89. The molecule has 0 rings (SSSR count). The number of ether oxygens (including phenoxy) is 3. The van der Waals surface area contributed by atoms with E-state index < -0.39 is 6.10 Å². The molecule has 0 aliphatic carbocycles. The Morgan fingerprint density at radius 1 is 0.259 bits per heavy atom. The van der Waals surface area contributed by atoms with Gasteiger partial charge >= 0.3 is 17.9 Å². The zero-order valence-electron chi connectivity index (χ0n) is 53.5. The van der Waals surface area contributed by atoms with Crippen LogP contribution in [-0.2, 0) is 28.6 Å². The molecule has 0 N–H and O–H groups in total. The van der Waals surface area contributed by atoms with Crippen molar-refractivity contribution in [2.45, 2.75) is 348 Å². The molecule has 0 saturated carbocycles. The van der Waals surface area contributed by atoms with Crippen LogP contribution in [0.3, 0.4) is 0 Å². The van der Waals surface area contributed by atoms with Crippen LogP contribution in [0.2, 0.25) is 0 Å². The van der Waals surface area contributed by atoms with Crippen molar-refractivity contribution < 1.29 is 28.6 Å². The zero-order valence-corrected chi connectivity index (χ0v) is 53.5. The van der Waals surface area contributed by atoms with Crippen LogP contribution < -0.4 is 0 Å². The summed E-state index contributed by atoms with van der Waals surface area (Å²) in [5.41, 5.74) is 0. The maximum atomic E-state index is 12.9. The summed E-state index contributed by atoms with van der Waals surface area (Å²) in [6, 6.07) is 0. The van der Waals surface area contributed by atoms with Crippen LogP contribution in [0.25, 0.3) is 0 Å². The Balaban J connectivity index is 4.23. The number of carbonyl (C=O) groups excluding carboxylic acids is 3. The van der Waals surface area contributed by atoms with Gasteiger partial charge in [-0.3, -0.25) is 14.4 Å². The van der Waals surface area contributed by atoms with Crippen molar-refractivity contribution in [2.75, 3.05) is 13.2 Å². The van der Waals surface area contributed by atoms with Crippen LogP contribution in [-0.4, -0.2) is 37.2 Å². The van der Waals surface area contributed by atoms with Gasteiger partial charge in [-0.05, 0) is 103 Å². The van der Waals surface area contributed by atoms with Crippen LogP contribution in [0.15, 0.2) is 97.2 Å². The number of rotatable bonds is 63. The highest BCUT2D eigenvalue weighted by molar-refractivity contribution is 5.71. The van der Waals surface area contributed by atoms with Gasteiger partial charge in [0.15, 0.2) is 6.10 Å². The molecule has 0 bridgehead atoms. The topological polar surface area (TPSA) is 78.9 Å². The Labute approximate surface area is 502 Å². The van der Waals surface area contributed by atoms with Gasteiger partial charge in [0.05, 0.1) is 0 Å². The molecule has 1 atom stereocenters. The predicted molar refractivity (Wildman–Crippen MR) is 353 cm³/mol. The van der Waals surface area contributed by atoms with Crippen molar-refractivity contribution in [3.63, 3.8) is 0 Å². The molecule has 0 aromatic heterocycles. The molecule has 0 aliphatic rings. The van der Waals surface area contributed by atoms with Crippen molar-refractivity contribution in [1.82, 2.24) is 0 Å². The van der Waals surface area contributed by atoms with E-state index in [4.69, 9.17) is 14.2 Å². The minimum Gasteiger partial charge on any atom is -0.462 e. The SMILES string of the molecule is CC/C=C\C/C=C\C/C=C\C/C=C\C/C=C\C/C=C\C/C=C\CCCCCCCCCCCCCC(=O)OCC(COC(=O)CCCCCCC/C=C\CCCCCCC)OC(=O)CCCCCCCCCCCCCCCCCC. The largest absolute Gasteiger partial charge is 0.462 e. The smallest absolute Gasteiger partial charge is 0.306 e. The Morgan fingerprint density at radius 3 is 0.765 bits per heavy atom. The number of esters is 3. The number of carbonyl (C=O) groups is 3. The molecule has 1 unspecified atom stereocenters. The molecule has 81 heavy (non-hydrogen) atoms. The first kappa shape index (κ1) is 77.3.